The monoisotopic (exact) mass is 554 g/mol. The number of rotatable bonds is 7. The van der Waals surface area contributed by atoms with Crippen LogP contribution in [0.15, 0.2) is 125 Å². The van der Waals surface area contributed by atoms with Gasteiger partial charge in [0.2, 0.25) is 0 Å². The Balaban J connectivity index is 2.32. The number of hydrogen-bond donors (Lipinski definition) is 0. The third kappa shape index (κ3) is 4.87. The Morgan fingerprint density at radius 3 is 1.42 bits per heavy atom. The van der Waals surface area contributed by atoms with Crippen LogP contribution in [0.1, 0.15) is 20.8 Å². The third-order valence-corrected chi connectivity index (χ3v) is 16.2. The zero-order valence-electron chi connectivity index (χ0n) is 18.3. The third-order valence-electron chi connectivity index (χ3n) is 5.66. The Labute approximate surface area is 203 Å². The minimum atomic E-state index is -2.96. The van der Waals surface area contributed by atoms with E-state index in [4.69, 9.17) is 0 Å². The molecule has 0 heterocycles. The molecule has 0 aromatic heterocycles. The van der Waals surface area contributed by atoms with Gasteiger partial charge in [0, 0.05) is 0 Å². The fourth-order valence-corrected chi connectivity index (χ4v) is 11.8. The molecule has 0 saturated carbocycles. The van der Waals surface area contributed by atoms with E-state index in [1.165, 1.54) is 27.1 Å². The minimum absolute atomic E-state index is 0.889. The van der Waals surface area contributed by atoms with Crippen molar-refractivity contribution < 1.29 is 0 Å². The van der Waals surface area contributed by atoms with Gasteiger partial charge in [-0.2, -0.15) is 0 Å². The fourth-order valence-electron chi connectivity index (χ4n) is 3.87. The second-order valence-electron chi connectivity index (χ2n) is 7.89. The molecule has 31 heavy (non-hydrogen) atoms. The van der Waals surface area contributed by atoms with Gasteiger partial charge >= 0.3 is 204 Å². The molecule has 0 N–H and O–H groups in total. The molecule has 0 bridgehead atoms. The number of benzene rings is 3. The molecule has 0 aliphatic heterocycles. The standard InChI is InChI=1S/C28H29Br2P/c1-4-24(20-21-28(29)23(2)3)22-31(30,25-14-8-5-9-15-25,26-16-10-6-11-17-26)27-18-12-7-13-19-27/h4-21H,22H2,1-3H3/b21-20-,24-4+. The Morgan fingerprint density at radius 1 is 0.710 bits per heavy atom. The average Bonchev–Trinajstić information content (AvgIpc) is 2.83. The number of halogens is 2. The van der Waals surface area contributed by atoms with E-state index in [1.807, 2.05) is 0 Å². The quantitative estimate of drug-likeness (QED) is 0.204. The van der Waals surface area contributed by atoms with Crippen LogP contribution >= 0.6 is 36.7 Å². The van der Waals surface area contributed by atoms with Gasteiger partial charge in [-0.05, 0) is 0 Å². The molecule has 0 aliphatic carbocycles. The first-order chi connectivity index (χ1) is 14.9. The van der Waals surface area contributed by atoms with Crippen LogP contribution in [0.4, 0.5) is 0 Å². The van der Waals surface area contributed by atoms with Gasteiger partial charge in [-0.3, -0.25) is 0 Å². The van der Waals surface area contributed by atoms with Crippen molar-refractivity contribution in [2.75, 3.05) is 6.16 Å². The summed E-state index contributed by atoms with van der Waals surface area (Å²) in [4.78, 5) is 0. The topological polar surface area (TPSA) is 0 Å². The van der Waals surface area contributed by atoms with E-state index in [9.17, 15) is 0 Å². The molecule has 0 fully saturated rings. The molecule has 3 heteroatoms. The summed E-state index contributed by atoms with van der Waals surface area (Å²) in [7, 11) is 0. The van der Waals surface area contributed by atoms with Crippen molar-refractivity contribution in [2.24, 2.45) is 0 Å². The van der Waals surface area contributed by atoms with E-state index in [-0.39, 0.29) is 0 Å². The molecule has 0 amide bonds. The molecule has 0 aliphatic rings. The zero-order chi connectivity index (χ0) is 22.3. The molecular weight excluding hydrogens is 527 g/mol. The Kier molecular flexibility index (Phi) is 7.92. The Morgan fingerprint density at radius 2 is 1.10 bits per heavy atom. The fraction of sp³-hybridized carbons (Fsp3) is 0.143. The molecule has 3 rings (SSSR count). The van der Waals surface area contributed by atoms with Gasteiger partial charge in [0.1, 0.15) is 0 Å². The number of hydrogen-bond acceptors (Lipinski definition) is 0. The van der Waals surface area contributed by atoms with E-state index in [0.717, 1.165) is 10.6 Å². The van der Waals surface area contributed by atoms with Gasteiger partial charge in [-0.1, -0.05) is 0 Å². The molecule has 0 unspecified atom stereocenters. The summed E-state index contributed by atoms with van der Waals surface area (Å²) >= 11 is 8.22. The van der Waals surface area contributed by atoms with Gasteiger partial charge < -0.3 is 0 Å². The van der Waals surface area contributed by atoms with E-state index < -0.39 is 5.31 Å². The summed E-state index contributed by atoms with van der Waals surface area (Å²) in [6.07, 6.45) is 7.54. The maximum atomic E-state index is 4.53. The predicted octanol–water partition coefficient (Wildman–Crippen LogP) is 8.02. The van der Waals surface area contributed by atoms with Crippen LogP contribution in [0.2, 0.25) is 0 Å². The van der Waals surface area contributed by atoms with Crippen LogP contribution in [-0.2, 0) is 0 Å². The first-order valence-electron chi connectivity index (χ1n) is 10.5. The van der Waals surface area contributed by atoms with Crippen LogP contribution in [0, 0.1) is 0 Å². The summed E-state index contributed by atoms with van der Waals surface area (Å²) in [5, 5.41) is 1.04. The molecule has 0 saturated heterocycles. The molecule has 0 nitrogen and oxygen atoms in total. The second kappa shape index (κ2) is 10.3. The van der Waals surface area contributed by atoms with Crippen molar-refractivity contribution >= 4 is 52.6 Å². The van der Waals surface area contributed by atoms with Gasteiger partial charge in [0.05, 0.1) is 0 Å². The molecule has 0 radical (unpaired) electrons. The molecule has 0 spiro atoms. The van der Waals surface area contributed by atoms with Crippen molar-refractivity contribution in [1.82, 2.24) is 0 Å². The van der Waals surface area contributed by atoms with Crippen molar-refractivity contribution in [1.29, 1.82) is 0 Å². The van der Waals surface area contributed by atoms with Crippen molar-refractivity contribution in [2.45, 2.75) is 20.8 Å². The van der Waals surface area contributed by atoms with Gasteiger partial charge in [0.15, 0.2) is 0 Å². The van der Waals surface area contributed by atoms with Crippen molar-refractivity contribution in [3.05, 3.63) is 125 Å². The first-order valence-corrected chi connectivity index (χ1v) is 15.7. The second-order valence-corrected chi connectivity index (χ2v) is 17.7. The van der Waals surface area contributed by atoms with Crippen LogP contribution in [0.25, 0.3) is 0 Å². The van der Waals surface area contributed by atoms with Gasteiger partial charge in [0.25, 0.3) is 0 Å². The normalized spacial score (nSPS) is 13.6. The molecule has 3 aromatic rings. The summed E-state index contributed by atoms with van der Waals surface area (Å²) in [5.41, 5.74) is 2.56. The number of allylic oxidation sites excluding steroid dienone is 6. The van der Waals surface area contributed by atoms with Crippen LogP contribution in [-0.4, -0.2) is 6.16 Å². The van der Waals surface area contributed by atoms with E-state index in [2.05, 4.69) is 161 Å². The SMILES string of the molecule is C/C=C(\C=C/C(Br)=C(C)C)CP(Br)(c1ccccc1)(c1ccccc1)c1ccccc1. The summed E-state index contributed by atoms with van der Waals surface area (Å²) in [5.74, 6) is 0. The summed E-state index contributed by atoms with van der Waals surface area (Å²) in [6, 6.07) is 32.8. The van der Waals surface area contributed by atoms with E-state index in [1.54, 1.807) is 0 Å². The van der Waals surface area contributed by atoms with E-state index >= 15 is 0 Å². The summed E-state index contributed by atoms with van der Waals surface area (Å²) in [6.45, 7) is 6.36. The molecule has 3 aromatic carbocycles. The maximum absolute atomic E-state index is 4.53. The zero-order valence-corrected chi connectivity index (χ0v) is 22.4. The molecule has 160 valence electrons. The van der Waals surface area contributed by atoms with Crippen molar-refractivity contribution in [3.63, 3.8) is 0 Å². The Hall–Kier alpha value is -1.73. The van der Waals surface area contributed by atoms with Gasteiger partial charge in [-0.25, -0.2) is 0 Å². The first kappa shape index (κ1) is 23.9. The van der Waals surface area contributed by atoms with Gasteiger partial charge in [-0.15, -0.1) is 0 Å². The average molecular weight is 556 g/mol. The van der Waals surface area contributed by atoms with Crippen LogP contribution in [0.3, 0.4) is 0 Å². The molecule has 0 atom stereocenters. The van der Waals surface area contributed by atoms with Crippen LogP contribution in [0.5, 0.6) is 0 Å². The predicted molar refractivity (Wildman–Crippen MR) is 149 cm³/mol. The van der Waals surface area contributed by atoms with E-state index in [0.29, 0.717) is 0 Å². The van der Waals surface area contributed by atoms with Crippen LogP contribution < -0.4 is 15.9 Å². The Bertz CT molecular complexity index is 994. The molecular formula is C28H29Br2P. The summed E-state index contributed by atoms with van der Waals surface area (Å²) < 4.78 is 1.13. The van der Waals surface area contributed by atoms with Crippen molar-refractivity contribution in [3.8, 4) is 0 Å².